The highest BCUT2D eigenvalue weighted by molar-refractivity contribution is 8.00. The number of methoxy groups -OCH3 is 1. The Morgan fingerprint density at radius 2 is 1.47 bits per heavy atom. The van der Waals surface area contributed by atoms with Crippen LogP contribution in [0.1, 0.15) is 22.3 Å². The topological polar surface area (TPSA) is 114 Å². The summed E-state index contributed by atoms with van der Waals surface area (Å²) in [5, 5.41) is 13.6. The summed E-state index contributed by atoms with van der Waals surface area (Å²) in [7, 11) is 1.53. The lowest BCUT2D eigenvalue weighted by Gasteiger charge is -2.13. The van der Waals surface area contributed by atoms with Crippen molar-refractivity contribution in [3.05, 3.63) is 83.9 Å². The third kappa shape index (κ3) is 8.44. The summed E-state index contributed by atoms with van der Waals surface area (Å²) < 4.78 is 47.9. The summed E-state index contributed by atoms with van der Waals surface area (Å²) in [5.41, 5.74) is 0.208. The lowest BCUT2D eigenvalue weighted by Crippen LogP contribution is -2.21. The second-order valence-electron chi connectivity index (χ2n) is 7.78. The van der Waals surface area contributed by atoms with E-state index in [4.69, 9.17) is 9.47 Å². The molecule has 38 heavy (non-hydrogen) atoms. The van der Waals surface area contributed by atoms with Crippen LogP contribution in [0.3, 0.4) is 0 Å². The molecule has 3 aromatic carbocycles. The number of benzene rings is 3. The molecule has 200 valence electrons. The van der Waals surface area contributed by atoms with Gasteiger partial charge in [0.25, 0.3) is 5.91 Å². The second kappa shape index (κ2) is 12.9. The van der Waals surface area contributed by atoms with Crippen molar-refractivity contribution in [3.8, 4) is 5.75 Å². The van der Waals surface area contributed by atoms with E-state index in [-0.39, 0.29) is 24.6 Å². The Balaban J connectivity index is 1.47. The number of alkyl halides is 3. The van der Waals surface area contributed by atoms with Gasteiger partial charge in [0.2, 0.25) is 0 Å². The van der Waals surface area contributed by atoms with Crippen LogP contribution in [0.4, 0.5) is 29.3 Å². The molecule has 0 aliphatic rings. The van der Waals surface area contributed by atoms with Crippen molar-refractivity contribution in [2.45, 2.75) is 22.7 Å². The fraction of sp³-hybridized carbons (Fsp3) is 0.192. The Morgan fingerprint density at radius 1 is 0.895 bits per heavy atom. The van der Waals surface area contributed by atoms with Crippen molar-refractivity contribution in [2.24, 2.45) is 0 Å². The summed E-state index contributed by atoms with van der Waals surface area (Å²) in [6, 6.07) is 17.0. The van der Waals surface area contributed by atoms with Gasteiger partial charge >= 0.3 is 18.2 Å². The average molecular weight is 549 g/mol. The molecule has 0 saturated carbocycles. The van der Waals surface area contributed by atoms with Gasteiger partial charge in [-0.2, -0.15) is 13.2 Å². The van der Waals surface area contributed by atoms with Crippen LogP contribution in [0, 0.1) is 0 Å². The number of aliphatic carboxylic acids is 1. The SMILES string of the molecule is COc1ccc(C(=O)Nc2ccc(SC(CCOC(=O)Nc3ccc(C(F)(F)F)cc3)C(=O)O)cc2)cc1. The number of anilines is 2. The maximum atomic E-state index is 12.6. The van der Waals surface area contributed by atoms with E-state index in [9.17, 15) is 32.7 Å². The molecule has 8 nitrogen and oxygen atoms in total. The number of carboxylic acid groups (broad SMARTS) is 1. The largest absolute Gasteiger partial charge is 0.497 e. The van der Waals surface area contributed by atoms with Crippen molar-refractivity contribution in [1.82, 2.24) is 0 Å². The van der Waals surface area contributed by atoms with Crippen molar-refractivity contribution < 1.29 is 42.1 Å². The van der Waals surface area contributed by atoms with E-state index < -0.39 is 29.1 Å². The quantitative estimate of drug-likeness (QED) is 0.260. The number of carbonyl (C=O) groups is 3. The van der Waals surface area contributed by atoms with Crippen LogP contribution >= 0.6 is 11.8 Å². The second-order valence-corrected chi connectivity index (χ2v) is 9.05. The number of rotatable bonds is 10. The molecule has 2 amide bonds. The summed E-state index contributed by atoms with van der Waals surface area (Å²) in [5.74, 6) is -0.803. The standard InChI is InChI=1S/C26H23F3N2O6S/c1-36-20-10-2-16(3-11-20)23(32)30-18-8-12-21(13-9-18)38-22(24(33)34)14-15-37-25(35)31-19-6-4-17(5-7-19)26(27,28)29/h2-13,22H,14-15H2,1H3,(H,30,32)(H,31,35)(H,33,34). The van der Waals surface area contributed by atoms with E-state index in [0.717, 1.165) is 36.0 Å². The molecule has 0 saturated heterocycles. The number of halogens is 3. The highest BCUT2D eigenvalue weighted by Gasteiger charge is 2.30. The van der Waals surface area contributed by atoms with Gasteiger partial charge in [-0.1, -0.05) is 0 Å². The molecule has 3 rings (SSSR count). The van der Waals surface area contributed by atoms with Gasteiger partial charge in [-0.3, -0.25) is 14.9 Å². The summed E-state index contributed by atoms with van der Waals surface area (Å²) >= 11 is 1.04. The number of thioether (sulfide) groups is 1. The Kier molecular flexibility index (Phi) is 9.61. The van der Waals surface area contributed by atoms with Gasteiger partial charge in [0.15, 0.2) is 0 Å². The van der Waals surface area contributed by atoms with Crippen LogP contribution in [-0.2, 0) is 15.7 Å². The predicted molar refractivity (Wildman–Crippen MR) is 136 cm³/mol. The number of hydrogen-bond acceptors (Lipinski definition) is 6. The normalized spacial score (nSPS) is 11.8. The Morgan fingerprint density at radius 3 is 2.03 bits per heavy atom. The lowest BCUT2D eigenvalue weighted by atomic mass is 10.2. The number of carboxylic acids is 1. The Hall–Kier alpha value is -4.19. The van der Waals surface area contributed by atoms with Gasteiger partial charge in [0, 0.05) is 28.3 Å². The predicted octanol–water partition coefficient (Wildman–Crippen LogP) is 6.15. The maximum absolute atomic E-state index is 12.6. The van der Waals surface area contributed by atoms with Crippen molar-refractivity contribution in [2.75, 3.05) is 24.4 Å². The van der Waals surface area contributed by atoms with Crippen LogP contribution in [0.25, 0.3) is 0 Å². The summed E-state index contributed by atoms with van der Waals surface area (Å²) in [6.45, 7) is -0.230. The minimum absolute atomic E-state index is 0.0175. The van der Waals surface area contributed by atoms with Crippen molar-refractivity contribution in [3.63, 3.8) is 0 Å². The number of nitrogens with one attached hydrogen (secondary N) is 2. The molecule has 0 aliphatic heterocycles. The van der Waals surface area contributed by atoms with Gasteiger partial charge in [-0.05, 0) is 72.8 Å². The summed E-state index contributed by atoms with van der Waals surface area (Å²) in [6.07, 6.45) is -5.43. The van der Waals surface area contributed by atoms with E-state index in [0.29, 0.717) is 21.9 Å². The lowest BCUT2D eigenvalue weighted by molar-refractivity contribution is -0.138. The molecule has 0 fully saturated rings. The van der Waals surface area contributed by atoms with E-state index in [1.165, 1.54) is 7.11 Å². The van der Waals surface area contributed by atoms with Gasteiger partial charge in [0.1, 0.15) is 11.0 Å². The first-order valence-corrected chi connectivity index (χ1v) is 12.0. The molecule has 0 heterocycles. The highest BCUT2D eigenvalue weighted by atomic mass is 32.2. The first kappa shape index (κ1) is 28.4. The number of carbonyl (C=O) groups excluding carboxylic acids is 2. The van der Waals surface area contributed by atoms with Crippen LogP contribution in [0.5, 0.6) is 5.75 Å². The van der Waals surface area contributed by atoms with Crippen LogP contribution < -0.4 is 15.4 Å². The minimum Gasteiger partial charge on any atom is -0.497 e. The Bertz CT molecular complexity index is 1250. The van der Waals surface area contributed by atoms with Crippen LogP contribution in [0.2, 0.25) is 0 Å². The zero-order valence-corrected chi connectivity index (χ0v) is 20.8. The molecule has 3 aromatic rings. The molecule has 1 unspecified atom stereocenters. The third-order valence-electron chi connectivity index (χ3n) is 5.09. The first-order chi connectivity index (χ1) is 18.0. The van der Waals surface area contributed by atoms with Gasteiger partial charge in [-0.25, -0.2) is 4.79 Å². The molecule has 12 heteroatoms. The van der Waals surface area contributed by atoms with Crippen LogP contribution in [-0.4, -0.2) is 42.0 Å². The average Bonchev–Trinajstić information content (AvgIpc) is 2.89. The molecule has 0 bridgehead atoms. The molecule has 0 spiro atoms. The zero-order chi connectivity index (χ0) is 27.7. The Labute approximate surface area is 220 Å². The fourth-order valence-electron chi connectivity index (χ4n) is 3.11. The van der Waals surface area contributed by atoms with Gasteiger partial charge in [0.05, 0.1) is 19.3 Å². The number of hydrogen-bond donors (Lipinski definition) is 3. The molecular weight excluding hydrogens is 525 g/mol. The van der Waals surface area contributed by atoms with E-state index >= 15 is 0 Å². The van der Waals surface area contributed by atoms with E-state index in [2.05, 4.69) is 10.6 Å². The highest BCUT2D eigenvalue weighted by Crippen LogP contribution is 2.30. The van der Waals surface area contributed by atoms with Crippen molar-refractivity contribution >= 4 is 41.1 Å². The van der Waals surface area contributed by atoms with Gasteiger partial charge < -0.3 is 19.9 Å². The smallest absolute Gasteiger partial charge is 0.416 e. The van der Waals surface area contributed by atoms with Gasteiger partial charge in [-0.15, -0.1) is 11.8 Å². The van der Waals surface area contributed by atoms with E-state index in [1.807, 2.05) is 0 Å². The number of amides is 2. The number of ether oxygens (including phenoxy) is 2. The molecule has 0 aromatic heterocycles. The molecule has 1 atom stereocenters. The molecular formula is C26H23F3N2O6S. The fourth-order valence-corrected chi connectivity index (χ4v) is 4.05. The summed E-state index contributed by atoms with van der Waals surface area (Å²) in [4.78, 5) is 36.6. The molecule has 3 N–H and O–H groups in total. The maximum Gasteiger partial charge on any atom is 0.416 e. The third-order valence-corrected chi connectivity index (χ3v) is 6.36. The van der Waals surface area contributed by atoms with Crippen molar-refractivity contribution in [1.29, 1.82) is 0 Å². The van der Waals surface area contributed by atoms with E-state index in [1.54, 1.807) is 48.5 Å². The zero-order valence-electron chi connectivity index (χ0n) is 20.0. The molecule has 0 radical (unpaired) electrons. The van der Waals surface area contributed by atoms with Crippen LogP contribution in [0.15, 0.2) is 77.7 Å². The minimum atomic E-state index is -4.49. The first-order valence-electron chi connectivity index (χ1n) is 11.1. The molecule has 0 aliphatic carbocycles. The monoisotopic (exact) mass is 548 g/mol.